The van der Waals surface area contributed by atoms with Gasteiger partial charge < -0.3 is 14.8 Å². The van der Waals surface area contributed by atoms with Gasteiger partial charge in [-0.1, -0.05) is 28.1 Å². The van der Waals surface area contributed by atoms with E-state index in [1.54, 1.807) is 20.3 Å². The van der Waals surface area contributed by atoms with Crippen LogP contribution in [-0.4, -0.2) is 25.0 Å². The lowest BCUT2D eigenvalue weighted by atomic mass is 10.1. The normalized spacial score (nSPS) is 10.9. The van der Waals surface area contributed by atoms with Crippen molar-refractivity contribution >= 4 is 44.7 Å². The maximum absolute atomic E-state index is 5.32. The Morgan fingerprint density at radius 1 is 1.08 bits per heavy atom. The average molecular weight is 408 g/mol. The molecule has 0 saturated carbocycles. The predicted molar refractivity (Wildman–Crippen MR) is 105 cm³/mol. The van der Waals surface area contributed by atoms with Crippen LogP contribution in [0.3, 0.4) is 0 Å². The van der Waals surface area contributed by atoms with Gasteiger partial charge in [0.1, 0.15) is 11.5 Å². The maximum Gasteiger partial charge on any atom is 0.191 e. The molecule has 2 aromatic rings. The Morgan fingerprint density at radius 3 is 2.42 bits per heavy atom. The van der Waals surface area contributed by atoms with E-state index in [0.717, 1.165) is 21.4 Å². The Kier molecular flexibility index (Phi) is 6.57. The highest BCUT2D eigenvalue weighted by Crippen LogP contribution is 2.28. The second-order valence-corrected chi connectivity index (χ2v) is 6.16. The van der Waals surface area contributed by atoms with Gasteiger partial charge in [0.15, 0.2) is 5.11 Å². The third-order valence-corrected chi connectivity index (χ3v) is 3.97. The summed E-state index contributed by atoms with van der Waals surface area (Å²) in [6.45, 7) is 1.91. The summed E-state index contributed by atoms with van der Waals surface area (Å²) in [5.41, 5.74) is 5.40. The molecule has 0 bridgehead atoms. The summed E-state index contributed by atoms with van der Waals surface area (Å²) in [4.78, 5) is 0. The van der Waals surface area contributed by atoms with Crippen molar-refractivity contribution in [2.75, 3.05) is 19.5 Å². The highest BCUT2D eigenvalue weighted by molar-refractivity contribution is 9.10. The first-order chi connectivity index (χ1) is 11.5. The number of anilines is 1. The minimum Gasteiger partial charge on any atom is -0.497 e. The van der Waals surface area contributed by atoms with Gasteiger partial charge in [0.05, 0.1) is 25.6 Å². The SMILES string of the molecule is COc1ccc(NC(=S)NN=C(C)c2ccc(Br)cc2)c(OC)c1. The third kappa shape index (κ3) is 4.94. The summed E-state index contributed by atoms with van der Waals surface area (Å²) in [6.07, 6.45) is 0. The predicted octanol–water partition coefficient (Wildman–Crippen LogP) is 4.18. The first-order valence-electron chi connectivity index (χ1n) is 7.12. The molecule has 0 heterocycles. The summed E-state index contributed by atoms with van der Waals surface area (Å²) in [5.74, 6) is 1.34. The van der Waals surface area contributed by atoms with Crippen LogP contribution in [0, 0.1) is 0 Å². The minimum atomic E-state index is 0.370. The fourth-order valence-corrected chi connectivity index (χ4v) is 2.36. The zero-order valence-electron chi connectivity index (χ0n) is 13.6. The fourth-order valence-electron chi connectivity index (χ4n) is 1.94. The van der Waals surface area contributed by atoms with Crippen LogP contribution in [-0.2, 0) is 0 Å². The second-order valence-electron chi connectivity index (χ2n) is 4.84. The summed E-state index contributed by atoms with van der Waals surface area (Å²) in [5, 5.41) is 7.72. The smallest absolute Gasteiger partial charge is 0.191 e. The summed E-state index contributed by atoms with van der Waals surface area (Å²) in [6, 6.07) is 13.3. The molecule has 2 N–H and O–H groups in total. The molecule has 24 heavy (non-hydrogen) atoms. The van der Waals surface area contributed by atoms with Crippen molar-refractivity contribution in [3.8, 4) is 11.5 Å². The Hall–Kier alpha value is -2.12. The van der Waals surface area contributed by atoms with Gasteiger partial charge in [0, 0.05) is 10.5 Å². The van der Waals surface area contributed by atoms with Crippen molar-refractivity contribution in [3.63, 3.8) is 0 Å². The molecule has 0 aliphatic heterocycles. The van der Waals surface area contributed by atoms with Crippen LogP contribution in [0.5, 0.6) is 11.5 Å². The van der Waals surface area contributed by atoms with Gasteiger partial charge in [-0.05, 0) is 49.0 Å². The van der Waals surface area contributed by atoms with Gasteiger partial charge >= 0.3 is 0 Å². The van der Waals surface area contributed by atoms with E-state index in [4.69, 9.17) is 21.7 Å². The molecule has 0 unspecified atom stereocenters. The van der Waals surface area contributed by atoms with Crippen LogP contribution in [0.1, 0.15) is 12.5 Å². The lowest BCUT2D eigenvalue weighted by Crippen LogP contribution is -2.25. The molecule has 2 rings (SSSR count). The summed E-state index contributed by atoms with van der Waals surface area (Å²) < 4.78 is 11.5. The van der Waals surface area contributed by atoms with Gasteiger partial charge in [-0.25, -0.2) is 0 Å². The Bertz CT molecular complexity index is 748. The molecule has 0 amide bonds. The zero-order chi connectivity index (χ0) is 17.5. The van der Waals surface area contributed by atoms with Crippen molar-refractivity contribution in [3.05, 3.63) is 52.5 Å². The third-order valence-electron chi connectivity index (χ3n) is 3.24. The van der Waals surface area contributed by atoms with Crippen molar-refractivity contribution in [2.45, 2.75) is 6.92 Å². The number of nitrogens with one attached hydrogen (secondary N) is 2. The van der Waals surface area contributed by atoms with E-state index < -0.39 is 0 Å². The van der Waals surface area contributed by atoms with Crippen LogP contribution in [0.2, 0.25) is 0 Å². The summed E-state index contributed by atoms with van der Waals surface area (Å²) in [7, 11) is 3.19. The van der Waals surface area contributed by atoms with E-state index in [9.17, 15) is 0 Å². The van der Waals surface area contributed by atoms with Gasteiger partial charge in [0.2, 0.25) is 0 Å². The molecule has 0 aliphatic carbocycles. The Balaban J connectivity index is 2.03. The molecule has 0 atom stereocenters. The van der Waals surface area contributed by atoms with Gasteiger partial charge in [-0.3, -0.25) is 5.43 Å². The molecule has 5 nitrogen and oxygen atoms in total. The largest absolute Gasteiger partial charge is 0.497 e. The quantitative estimate of drug-likeness (QED) is 0.442. The number of benzene rings is 2. The van der Waals surface area contributed by atoms with Crippen molar-refractivity contribution in [1.29, 1.82) is 0 Å². The van der Waals surface area contributed by atoms with Crippen LogP contribution in [0.4, 0.5) is 5.69 Å². The number of thiocarbonyl (C=S) groups is 1. The average Bonchev–Trinajstić information content (AvgIpc) is 2.60. The Labute approximate surface area is 155 Å². The molecule has 0 aliphatic rings. The lowest BCUT2D eigenvalue weighted by Gasteiger charge is -2.13. The molecule has 126 valence electrons. The van der Waals surface area contributed by atoms with Crippen LogP contribution < -0.4 is 20.2 Å². The first-order valence-corrected chi connectivity index (χ1v) is 8.33. The van der Waals surface area contributed by atoms with E-state index >= 15 is 0 Å². The molecular formula is C17H18BrN3O2S. The van der Waals surface area contributed by atoms with Crippen LogP contribution in [0.25, 0.3) is 0 Å². The zero-order valence-corrected chi connectivity index (χ0v) is 16.0. The van der Waals surface area contributed by atoms with E-state index in [0.29, 0.717) is 16.6 Å². The van der Waals surface area contributed by atoms with Gasteiger partial charge in [-0.15, -0.1) is 0 Å². The fraction of sp³-hybridized carbons (Fsp3) is 0.176. The highest BCUT2D eigenvalue weighted by Gasteiger charge is 2.06. The van der Waals surface area contributed by atoms with Gasteiger partial charge in [-0.2, -0.15) is 5.10 Å². The van der Waals surface area contributed by atoms with E-state index in [1.807, 2.05) is 43.3 Å². The van der Waals surface area contributed by atoms with Crippen LogP contribution in [0.15, 0.2) is 52.0 Å². The number of rotatable bonds is 5. The standard InChI is InChI=1S/C17H18BrN3O2S/c1-11(12-4-6-13(18)7-5-12)20-21-17(24)19-15-9-8-14(22-2)10-16(15)23-3/h4-10H,1-3H3,(H2,19,21,24). The maximum atomic E-state index is 5.32. The number of hydrogen-bond donors (Lipinski definition) is 2. The molecular weight excluding hydrogens is 390 g/mol. The highest BCUT2D eigenvalue weighted by atomic mass is 79.9. The topological polar surface area (TPSA) is 54.9 Å². The molecule has 0 fully saturated rings. The number of methoxy groups -OCH3 is 2. The van der Waals surface area contributed by atoms with Crippen molar-refractivity contribution in [1.82, 2.24) is 5.43 Å². The summed E-state index contributed by atoms with van der Waals surface area (Å²) >= 11 is 8.68. The number of nitrogens with zero attached hydrogens (tertiary/aromatic N) is 1. The monoisotopic (exact) mass is 407 g/mol. The minimum absolute atomic E-state index is 0.370. The molecule has 7 heteroatoms. The molecule has 2 aromatic carbocycles. The molecule has 0 spiro atoms. The number of hydrazone groups is 1. The van der Waals surface area contributed by atoms with E-state index in [2.05, 4.69) is 31.8 Å². The lowest BCUT2D eigenvalue weighted by molar-refractivity contribution is 0.395. The van der Waals surface area contributed by atoms with E-state index in [-0.39, 0.29) is 0 Å². The number of ether oxygens (including phenoxy) is 2. The first kappa shape index (κ1) is 18.2. The molecule has 0 radical (unpaired) electrons. The number of hydrogen-bond acceptors (Lipinski definition) is 4. The van der Waals surface area contributed by atoms with Crippen molar-refractivity contribution in [2.24, 2.45) is 5.10 Å². The number of halogens is 1. The molecule has 0 aromatic heterocycles. The second kappa shape index (κ2) is 8.65. The van der Waals surface area contributed by atoms with Crippen LogP contribution >= 0.6 is 28.1 Å². The Morgan fingerprint density at radius 2 is 1.79 bits per heavy atom. The molecule has 0 saturated heterocycles. The van der Waals surface area contributed by atoms with Crippen molar-refractivity contribution < 1.29 is 9.47 Å². The van der Waals surface area contributed by atoms with E-state index in [1.165, 1.54) is 0 Å². The van der Waals surface area contributed by atoms with Gasteiger partial charge in [0.25, 0.3) is 0 Å².